The van der Waals surface area contributed by atoms with Crippen molar-refractivity contribution in [2.24, 2.45) is 5.73 Å². The van der Waals surface area contributed by atoms with Gasteiger partial charge in [-0.1, -0.05) is 11.6 Å². The van der Waals surface area contributed by atoms with Gasteiger partial charge in [0.05, 0.1) is 7.11 Å². The maximum absolute atomic E-state index is 13.3. The molecule has 2 N–H and O–H groups in total. The fourth-order valence-corrected chi connectivity index (χ4v) is 1.61. The van der Waals surface area contributed by atoms with Crippen molar-refractivity contribution in [1.82, 2.24) is 0 Å². The van der Waals surface area contributed by atoms with E-state index >= 15 is 0 Å². The molecule has 0 bridgehead atoms. The van der Waals surface area contributed by atoms with E-state index in [-0.39, 0.29) is 12.2 Å². The minimum absolute atomic E-state index is 0.155. The molecule has 1 aromatic rings. The number of carbonyl (C=O) groups excluding carboxylic acids is 1. The lowest BCUT2D eigenvalue weighted by molar-refractivity contribution is -0.142. The zero-order valence-electron chi connectivity index (χ0n) is 9.09. The molecule has 0 spiro atoms. The van der Waals surface area contributed by atoms with Crippen molar-refractivity contribution < 1.29 is 13.9 Å². The molecule has 88 valence electrons. The molecule has 0 saturated carbocycles. The van der Waals surface area contributed by atoms with E-state index in [9.17, 15) is 9.18 Å². The summed E-state index contributed by atoms with van der Waals surface area (Å²) in [6, 6.07) is 1.97. The van der Waals surface area contributed by atoms with Crippen molar-refractivity contribution in [2.45, 2.75) is 19.4 Å². The van der Waals surface area contributed by atoms with Crippen molar-refractivity contribution in [3.05, 3.63) is 34.1 Å². The van der Waals surface area contributed by atoms with Crippen LogP contribution in [0, 0.1) is 12.7 Å². The Kier molecular flexibility index (Phi) is 4.26. The second-order valence-corrected chi connectivity index (χ2v) is 3.93. The third-order valence-electron chi connectivity index (χ3n) is 2.27. The molecule has 1 atom stereocenters. The number of benzene rings is 1. The Morgan fingerprint density at radius 3 is 2.81 bits per heavy atom. The standard InChI is InChI=1S/C11H13ClFNO2/c1-6-3-8(12)7(4-9(6)13)5-10(14)11(15)16-2/h3-4,10H,5,14H2,1-2H3/t10-/m1/s1. The predicted molar refractivity (Wildman–Crippen MR) is 59.8 cm³/mol. The van der Waals surface area contributed by atoms with E-state index in [1.165, 1.54) is 19.2 Å². The Labute approximate surface area is 98.3 Å². The summed E-state index contributed by atoms with van der Waals surface area (Å²) in [4.78, 5) is 11.1. The molecular weight excluding hydrogens is 233 g/mol. The second kappa shape index (κ2) is 5.27. The fourth-order valence-electron chi connectivity index (χ4n) is 1.32. The Bertz CT molecular complexity index is 409. The van der Waals surface area contributed by atoms with Gasteiger partial charge in [0, 0.05) is 5.02 Å². The molecule has 16 heavy (non-hydrogen) atoms. The molecule has 0 aliphatic rings. The van der Waals surface area contributed by atoms with Crippen LogP contribution in [0.2, 0.25) is 5.02 Å². The lowest BCUT2D eigenvalue weighted by Gasteiger charge is -2.11. The molecular formula is C11H13ClFNO2. The molecule has 0 aliphatic heterocycles. The number of nitrogens with two attached hydrogens (primary N) is 1. The van der Waals surface area contributed by atoms with Gasteiger partial charge in [-0.25, -0.2) is 4.39 Å². The number of carbonyl (C=O) groups is 1. The summed E-state index contributed by atoms with van der Waals surface area (Å²) >= 11 is 5.92. The molecule has 0 heterocycles. The van der Waals surface area contributed by atoms with Crippen LogP contribution in [0.25, 0.3) is 0 Å². The van der Waals surface area contributed by atoms with Gasteiger partial charge in [0.2, 0.25) is 0 Å². The zero-order valence-corrected chi connectivity index (χ0v) is 9.84. The number of aryl methyl sites for hydroxylation is 1. The number of ether oxygens (including phenoxy) is 1. The number of halogens is 2. The first-order valence-corrected chi connectivity index (χ1v) is 5.11. The molecule has 0 aromatic heterocycles. The summed E-state index contributed by atoms with van der Waals surface area (Å²) in [7, 11) is 1.25. The van der Waals surface area contributed by atoms with Crippen molar-refractivity contribution in [1.29, 1.82) is 0 Å². The molecule has 0 fully saturated rings. The Morgan fingerprint density at radius 2 is 2.25 bits per heavy atom. The first-order chi connectivity index (χ1) is 7.45. The smallest absolute Gasteiger partial charge is 0.322 e. The third-order valence-corrected chi connectivity index (χ3v) is 2.62. The number of methoxy groups -OCH3 is 1. The molecule has 5 heteroatoms. The Balaban J connectivity index is 2.89. The first kappa shape index (κ1) is 12.9. The third kappa shape index (κ3) is 2.93. The van der Waals surface area contributed by atoms with Crippen LogP contribution in [0.1, 0.15) is 11.1 Å². The highest BCUT2D eigenvalue weighted by molar-refractivity contribution is 6.31. The minimum Gasteiger partial charge on any atom is -0.468 e. The summed E-state index contributed by atoms with van der Waals surface area (Å²) in [5.41, 5.74) is 6.52. The highest BCUT2D eigenvalue weighted by atomic mass is 35.5. The average Bonchev–Trinajstić information content (AvgIpc) is 2.24. The molecule has 0 amide bonds. The number of esters is 1. The second-order valence-electron chi connectivity index (χ2n) is 3.53. The summed E-state index contributed by atoms with van der Waals surface area (Å²) in [5, 5.41) is 0.401. The summed E-state index contributed by atoms with van der Waals surface area (Å²) in [6.07, 6.45) is 0.155. The van der Waals surface area contributed by atoms with E-state index in [4.69, 9.17) is 17.3 Å². The highest BCUT2D eigenvalue weighted by Crippen LogP contribution is 2.21. The Morgan fingerprint density at radius 1 is 1.62 bits per heavy atom. The van der Waals surface area contributed by atoms with Crippen LogP contribution in [0.5, 0.6) is 0 Å². The monoisotopic (exact) mass is 245 g/mol. The summed E-state index contributed by atoms with van der Waals surface area (Å²) in [6.45, 7) is 1.62. The van der Waals surface area contributed by atoms with Crippen molar-refractivity contribution in [3.63, 3.8) is 0 Å². The van der Waals surface area contributed by atoms with Crippen LogP contribution in [-0.2, 0) is 16.0 Å². The highest BCUT2D eigenvalue weighted by Gasteiger charge is 2.16. The van der Waals surface area contributed by atoms with Gasteiger partial charge in [-0.3, -0.25) is 4.79 Å². The molecule has 0 radical (unpaired) electrons. The van der Waals surface area contributed by atoms with Crippen molar-refractivity contribution >= 4 is 17.6 Å². The SMILES string of the molecule is COC(=O)[C@H](N)Cc1cc(F)c(C)cc1Cl. The van der Waals surface area contributed by atoms with Gasteiger partial charge >= 0.3 is 5.97 Å². The van der Waals surface area contributed by atoms with E-state index in [2.05, 4.69) is 4.74 Å². The summed E-state index contributed by atoms with van der Waals surface area (Å²) in [5.74, 6) is -0.909. The largest absolute Gasteiger partial charge is 0.468 e. The lowest BCUT2D eigenvalue weighted by Crippen LogP contribution is -2.33. The predicted octanol–water partition coefficient (Wildman–Crippen LogP) is 1.83. The van der Waals surface area contributed by atoms with Gasteiger partial charge in [-0.05, 0) is 36.6 Å². The van der Waals surface area contributed by atoms with E-state index in [0.29, 0.717) is 16.1 Å². The van der Waals surface area contributed by atoms with Gasteiger partial charge < -0.3 is 10.5 Å². The van der Waals surface area contributed by atoms with Crippen LogP contribution in [0.3, 0.4) is 0 Å². The Hall–Kier alpha value is -1.13. The average molecular weight is 246 g/mol. The maximum Gasteiger partial charge on any atom is 0.322 e. The van der Waals surface area contributed by atoms with Gasteiger partial charge in [-0.15, -0.1) is 0 Å². The van der Waals surface area contributed by atoms with Crippen LogP contribution >= 0.6 is 11.6 Å². The summed E-state index contributed by atoms with van der Waals surface area (Å²) < 4.78 is 17.8. The van der Waals surface area contributed by atoms with Gasteiger partial charge in [0.1, 0.15) is 11.9 Å². The van der Waals surface area contributed by atoms with Crippen LogP contribution < -0.4 is 5.73 Å². The fraction of sp³-hybridized carbons (Fsp3) is 0.364. The van der Waals surface area contributed by atoms with Crippen LogP contribution in [0.15, 0.2) is 12.1 Å². The molecule has 3 nitrogen and oxygen atoms in total. The van der Waals surface area contributed by atoms with E-state index in [1.54, 1.807) is 6.92 Å². The maximum atomic E-state index is 13.3. The minimum atomic E-state index is -0.829. The van der Waals surface area contributed by atoms with Gasteiger partial charge in [0.25, 0.3) is 0 Å². The van der Waals surface area contributed by atoms with E-state index < -0.39 is 12.0 Å². The molecule has 1 aromatic carbocycles. The van der Waals surface area contributed by atoms with Crippen molar-refractivity contribution in [3.8, 4) is 0 Å². The number of hydrogen-bond acceptors (Lipinski definition) is 3. The van der Waals surface area contributed by atoms with Crippen LogP contribution in [-0.4, -0.2) is 19.1 Å². The number of rotatable bonds is 3. The molecule has 0 unspecified atom stereocenters. The topological polar surface area (TPSA) is 52.3 Å². The van der Waals surface area contributed by atoms with Crippen LogP contribution in [0.4, 0.5) is 4.39 Å². The molecule has 0 saturated heterocycles. The zero-order chi connectivity index (χ0) is 12.3. The lowest BCUT2D eigenvalue weighted by atomic mass is 10.0. The van der Waals surface area contributed by atoms with E-state index in [0.717, 1.165) is 0 Å². The first-order valence-electron chi connectivity index (χ1n) is 4.73. The molecule has 1 rings (SSSR count). The molecule has 0 aliphatic carbocycles. The normalized spacial score (nSPS) is 12.3. The number of hydrogen-bond donors (Lipinski definition) is 1. The quantitative estimate of drug-likeness (QED) is 0.827. The van der Waals surface area contributed by atoms with Gasteiger partial charge in [0.15, 0.2) is 0 Å². The van der Waals surface area contributed by atoms with E-state index in [1.807, 2.05) is 0 Å². The van der Waals surface area contributed by atoms with Crippen molar-refractivity contribution in [2.75, 3.05) is 7.11 Å². The van der Waals surface area contributed by atoms with Gasteiger partial charge in [-0.2, -0.15) is 0 Å².